The fraction of sp³-hybridized carbons (Fsp3) is 0.238. The Balaban J connectivity index is 1.80. The fourth-order valence-electron chi connectivity index (χ4n) is 3.26. The summed E-state index contributed by atoms with van der Waals surface area (Å²) in [5, 5.41) is 15.6. The van der Waals surface area contributed by atoms with Crippen molar-refractivity contribution >= 4 is 10.8 Å². The molecule has 0 amide bonds. The number of hydrogen-bond acceptors (Lipinski definition) is 5. The van der Waals surface area contributed by atoms with Crippen LogP contribution in [-0.4, -0.2) is 32.2 Å². The molecule has 4 aromatic rings. The molecule has 7 heteroatoms. The van der Waals surface area contributed by atoms with E-state index in [1.807, 2.05) is 42.5 Å². The van der Waals surface area contributed by atoms with Crippen molar-refractivity contribution in [3.8, 4) is 28.4 Å². The minimum atomic E-state index is -0.263. The number of aromatic amines is 2. The number of aromatic nitrogens is 5. The summed E-state index contributed by atoms with van der Waals surface area (Å²) >= 11 is 0. The largest absolute Gasteiger partial charge is 0.493 e. The van der Waals surface area contributed by atoms with E-state index in [0.717, 1.165) is 41.3 Å². The van der Waals surface area contributed by atoms with Gasteiger partial charge in [-0.3, -0.25) is 4.79 Å². The Bertz CT molecular complexity index is 1140. The number of H-pyrrole nitrogens is 2. The second kappa shape index (κ2) is 8.04. The number of benzene rings is 2. The molecule has 0 aliphatic carbocycles. The minimum absolute atomic E-state index is 0.263. The van der Waals surface area contributed by atoms with E-state index in [9.17, 15) is 4.79 Å². The maximum absolute atomic E-state index is 12.6. The van der Waals surface area contributed by atoms with E-state index in [0.29, 0.717) is 23.7 Å². The molecule has 7 nitrogen and oxygen atoms in total. The normalized spacial score (nSPS) is 11.0. The van der Waals surface area contributed by atoms with Gasteiger partial charge in [0.25, 0.3) is 5.56 Å². The second-order valence-electron chi connectivity index (χ2n) is 6.58. The molecule has 0 saturated heterocycles. The lowest BCUT2D eigenvalue weighted by Crippen LogP contribution is -2.11. The van der Waals surface area contributed by atoms with Gasteiger partial charge in [-0.1, -0.05) is 50.1 Å². The number of nitrogens with one attached hydrogen (secondary N) is 2. The topological polar surface area (TPSA) is 96.6 Å². The number of hydrogen-bond donors (Lipinski definition) is 2. The van der Waals surface area contributed by atoms with Crippen LogP contribution in [0.4, 0.5) is 0 Å². The molecule has 0 radical (unpaired) electrons. The highest BCUT2D eigenvalue weighted by Crippen LogP contribution is 2.36. The maximum atomic E-state index is 12.6. The van der Waals surface area contributed by atoms with Crippen LogP contribution in [0.15, 0.2) is 53.3 Å². The Morgan fingerprint density at radius 1 is 1.04 bits per heavy atom. The van der Waals surface area contributed by atoms with Crippen molar-refractivity contribution < 1.29 is 4.74 Å². The summed E-state index contributed by atoms with van der Waals surface area (Å²) in [6, 6.07) is 15.7. The quantitative estimate of drug-likeness (QED) is 0.477. The number of ether oxygens (including phenoxy) is 1. The Kier molecular flexibility index (Phi) is 5.14. The van der Waals surface area contributed by atoms with E-state index in [4.69, 9.17) is 4.74 Å². The lowest BCUT2D eigenvalue weighted by Gasteiger charge is -2.15. The summed E-state index contributed by atoms with van der Waals surface area (Å²) in [5.74, 6) is 1.10. The SMILES string of the molecule is CCCCCOc1ccc2ccccc2c1-c1ccc(-c2nnn[nH]2)c(=O)[nH]1. The van der Waals surface area contributed by atoms with Crippen LogP contribution >= 0.6 is 0 Å². The van der Waals surface area contributed by atoms with E-state index >= 15 is 0 Å². The van der Waals surface area contributed by atoms with Crippen LogP contribution in [0.1, 0.15) is 26.2 Å². The van der Waals surface area contributed by atoms with Gasteiger partial charge >= 0.3 is 0 Å². The molecule has 0 fully saturated rings. The highest BCUT2D eigenvalue weighted by molar-refractivity contribution is 5.99. The van der Waals surface area contributed by atoms with Gasteiger partial charge in [0.15, 0.2) is 5.82 Å². The third-order valence-electron chi connectivity index (χ3n) is 4.68. The van der Waals surface area contributed by atoms with Crippen LogP contribution in [0.5, 0.6) is 5.75 Å². The van der Waals surface area contributed by atoms with Gasteiger partial charge < -0.3 is 9.72 Å². The zero-order chi connectivity index (χ0) is 19.3. The fourth-order valence-corrected chi connectivity index (χ4v) is 3.26. The molecule has 0 aliphatic heterocycles. The van der Waals surface area contributed by atoms with Crippen molar-refractivity contribution in [2.75, 3.05) is 6.61 Å². The number of tetrazole rings is 1. The van der Waals surface area contributed by atoms with E-state index < -0.39 is 0 Å². The average molecular weight is 375 g/mol. The van der Waals surface area contributed by atoms with Crippen molar-refractivity contribution in [3.63, 3.8) is 0 Å². The lowest BCUT2D eigenvalue weighted by molar-refractivity contribution is 0.308. The predicted molar refractivity (Wildman–Crippen MR) is 108 cm³/mol. The summed E-state index contributed by atoms with van der Waals surface area (Å²) < 4.78 is 6.08. The van der Waals surface area contributed by atoms with Gasteiger partial charge in [0, 0.05) is 5.56 Å². The number of nitrogens with zero attached hydrogens (tertiary/aromatic N) is 3. The highest BCUT2D eigenvalue weighted by Gasteiger charge is 2.14. The van der Waals surface area contributed by atoms with Crippen molar-refractivity contribution in [3.05, 3.63) is 58.9 Å². The first-order valence-corrected chi connectivity index (χ1v) is 9.40. The van der Waals surface area contributed by atoms with Gasteiger partial charge in [-0.15, -0.1) is 5.10 Å². The first kappa shape index (κ1) is 17.9. The summed E-state index contributed by atoms with van der Waals surface area (Å²) in [7, 11) is 0. The molecule has 0 atom stereocenters. The maximum Gasteiger partial charge on any atom is 0.259 e. The van der Waals surface area contributed by atoms with Crippen molar-refractivity contribution in [2.24, 2.45) is 0 Å². The van der Waals surface area contributed by atoms with Crippen molar-refractivity contribution in [1.82, 2.24) is 25.6 Å². The van der Waals surface area contributed by atoms with Crippen LogP contribution in [0.25, 0.3) is 33.4 Å². The molecular weight excluding hydrogens is 354 g/mol. The van der Waals surface area contributed by atoms with Gasteiger partial charge in [-0.25, -0.2) is 5.10 Å². The zero-order valence-electron chi connectivity index (χ0n) is 15.6. The third kappa shape index (κ3) is 3.51. The first-order chi connectivity index (χ1) is 13.8. The van der Waals surface area contributed by atoms with Crippen LogP contribution in [0, 0.1) is 0 Å². The molecule has 28 heavy (non-hydrogen) atoms. The molecule has 0 unspecified atom stereocenters. The zero-order valence-corrected chi connectivity index (χ0v) is 15.6. The Labute approximate surface area is 161 Å². The van der Waals surface area contributed by atoms with E-state index in [1.54, 1.807) is 6.07 Å². The van der Waals surface area contributed by atoms with Crippen molar-refractivity contribution in [1.29, 1.82) is 0 Å². The summed E-state index contributed by atoms with van der Waals surface area (Å²) in [5.41, 5.74) is 1.71. The molecule has 2 aromatic heterocycles. The van der Waals surface area contributed by atoms with Gasteiger partial charge in [0.1, 0.15) is 5.75 Å². The molecule has 0 aliphatic rings. The van der Waals surface area contributed by atoms with Crippen LogP contribution in [0.3, 0.4) is 0 Å². The monoisotopic (exact) mass is 375 g/mol. The molecule has 0 spiro atoms. The van der Waals surface area contributed by atoms with Gasteiger partial charge in [-0.2, -0.15) is 0 Å². The van der Waals surface area contributed by atoms with Gasteiger partial charge in [0.2, 0.25) is 0 Å². The first-order valence-electron chi connectivity index (χ1n) is 9.40. The standard InChI is InChI=1S/C21H21N5O2/c1-2-3-6-13-28-18-12-9-14-7-4-5-8-15(14)19(18)17-11-10-16(21(27)22-17)20-23-25-26-24-20/h4-5,7-12H,2-3,6,13H2,1H3,(H,22,27)(H,23,24,25,26). The van der Waals surface area contributed by atoms with Crippen LogP contribution < -0.4 is 10.3 Å². The molecular formula is C21H21N5O2. The van der Waals surface area contributed by atoms with E-state index in [-0.39, 0.29) is 5.56 Å². The van der Waals surface area contributed by atoms with Gasteiger partial charge in [0.05, 0.1) is 17.9 Å². The lowest BCUT2D eigenvalue weighted by atomic mass is 10.00. The highest BCUT2D eigenvalue weighted by atomic mass is 16.5. The number of fused-ring (bicyclic) bond motifs is 1. The average Bonchev–Trinajstić information content (AvgIpc) is 3.25. The number of rotatable bonds is 7. The number of unbranched alkanes of at least 4 members (excludes halogenated alkanes) is 2. The predicted octanol–water partition coefficient (Wildman–Crippen LogP) is 3.94. The molecule has 2 N–H and O–H groups in total. The molecule has 0 bridgehead atoms. The Morgan fingerprint density at radius 2 is 1.93 bits per heavy atom. The molecule has 142 valence electrons. The Morgan fingerprint density at radius 3 is 2.71 bits per heavy atom. The molecule has 0 saturated carbocycles. The molecule has 2 aromatic carbocycles. The minimum Gasteiger partial charge on any atom is -0.493 e. The summed E-state index contributed by atoms with van der Waals surface area (Å²) in [6.07, 6.45) is 3.26. The van der Waals surface area contributed by atoms with E-state index in [1.165, 1.54) is 0 Å². The molecule has 4 rings (SSSR count). The smallest absolute Gasteiger partial charge is 0.259 e. The molecule has 2 heterocycles. The third-order valence-corrected chi connectivity index (χ3v) is 4.68. The second-order valence-corrected chi connectivity index (χ2v) is 6.58. The summed E-state index contributed by atoms with van der Waals surface area (Å²) in [4.78, 5) is 15.6. The summed E-state index contributed by atoms with van der Waals surface area (Å²) in [6.45, 7) is 2.81. The van der Waals surface area contributed by atoms with Crippen LogP contribution in [-0.2, 0) is 0 Å². The van der Waals surface area contributed by atoms with Crippen molar-refractivity contribution in [2.45, 2.75) is 26.2 Å². The Hall–Kier alpha value is -3.48. The van der Waals surface area contributed by atoms with E-state index in [2.05, 4.69) is 32.5 Å². The van der Waals surface area contributed by atoms with Crippen LogP contribution in [0.2, 0.25) is 0 Å². The van der Waals surface area contributed by atoms with Gasteiger partial charge in [-0.05, 0) is 45.8 Å². The number of pyridine rings is 1.